The van der Waals surface area contributed by atoms with Crippen molar-refractivity contribution < 1.29 is 4.74 Å². The highest BCUT2D eigenvalue weighted by atomic mass is 32.1. The molecule has 0 saturated carbocycles. The van der Waals surface area contributed by atoms with Crippen LogP contribution in [0.3, 0.4) is 0 Å². The molecule has 1 unspecified atom stereocenters. The van der Waals surface area contributed by atoms with Gasteiger partial charge in [0.15, 0.2) is 0 Å². The molecule has 120 valence electrons. The predicted molar refractivity (Wildman–Crippen MR) is 91.0 cm³/mol. The second-order valence-corrected chi connectivity index (χ2v) is 7.27. The molecular weight excluding hydrogens is 280 g/mol. The molecule has 2 rings (SSSR count). The zero-order chi connectivity index (χ0) is 15.1. The van der Waals surface area contributed by atoms with Crippen molar-refractivity contribution in [3.05, 3.63) is 21.4 Å². The largest absolute Gasteiger partial charge is 0.377 e. The summed E-state index contributed by atoms with van der Waals surface area (Å²) in [4.78, 5) is 5.45. The van der Waals surface area contributed by atoms with Crippen LogP contribution < -0.4 is 5.32 Å². The van der Waals surface area contributed by atoms with E-state index >= 15 is 0 Å². The number of hydrogen-bond donors (Lipinski definition) is 1. The van der Waals surface area contributed by atoms with Gasteiger partial charge in [-0.3, -0.25) is 4.90 Å². The average molecular weight is 311 g/mol. The molecular formula is C17H30N2OS. The molecule has 1 aromatic heterocycles. The van der Waals surface area contributed by atoms with Crippen LogP contribution in [-0.2, 0) is 17.8 Å². The number of nitrogens with zero attached hydrogens (tertiary/aromatic N) is 1. The highest BCUT2D eigenvalue weighted by Gasteiger charge is 2.19. The van der Waals surface area contributed by atoms with Crippen LogP contribution in [-0.4, -0.2) is 37.2 Å². The Morgan fingerprint density at radius 3 is 2.95 bits per heavy atom. The van der Waals surface area contributed by atoms with Crippen LogP contribution in [0.15, 0.2) is 6.07 Å². The fourth-order valence-electron chi connectivity index (χ4n) is 2.84. The Bertz CT molecular complexity index is 413. The quantitative estimate of drug-likeness (QED) is 0.706. The molecule has 1 atom stereocenters. The van der Waals surface area contributed by atoms with Crippen LogP contribution in [0, 0.1) is 6.92 Å². The lowest BCUT2D eigenvalue weighted by molar-refractivity contribution is 0.0725. The van der Waals surface area contributed by atoms with Crippen LogP contribution >= 0.6 is 11.3 Å². The molecule has 3 nitrogen and oxygen atoms in total. The van der Waals surface area contributed by atoms with Gasteiger partial charge in [-0.2, -0.15) is 0 Å². The van der Waals surface area contributed by atoms with E-state index in [9.17, 15) is 0 Å². The minimum Gasteiger partial charge on any atom is -0.377 e. The number of likely N-dealkylation sites (N-methyl/N-ethyl adjacent to an activating group) is 1. The van der Waals surface area contributed by atoms with Gasteiger partial charge in [0.05, 0.1) is 6.10 Å². The van der Waals surface area contributed by atoms with Crippen molar-refractivity contribution in [2.24, 2.45) is 0 Å². The smallest absolute Gasteiger partial charge is 0.0702 e. The van der Waals surface area contributed by atoms with E-state index in [2.05, 4.69) is 37.1 Å². The average Bonchev–Trinajstić information content (AvgIpc) is 3.09. The molecule has 4 heteroatoms. The second-order valence-electron chi connectivity index (χ2n) is 5.93. The molecule has 21 heavy (non-hydrogen) atoms. The number of nitrogens with one attached hydrogen (secondary N) is 1. The van der Waals surface area contributed by atoms with E-state index in [1.165, 1.54) is 34.6 Å². The van der Waals surface area contributed by atoms with Crippen molar-refractivity contribution in [1.29, 1.82) is 0 Å². The summed E-state index contributed by atoms with van der Waals surface area (Å²) >= 11 is 1.94. The van der Waals surface area contributed by atoms with E-state index in [4.69, 9.17) is 4.74 Å². The standard InChI is InChI=1S/C17H30N2OS/c1-4-8-18-11-17-10-15(14(3)21-17)12-19(5-2)13-16-7-6-9-20-16/h10,16,18H,4-9,11-13H2,1-3H3. The fraction of sp³-hybridized carbons (Fsp3) is 0.765. The first-order valence-corrected chi connectivity index (χ1v) is 9.17. The maximum atomic E-state index is 5.77. The highest BCUT2D eigenvalue weighted by molar-refractivity contribution is 7.12. The summed E-state index contributed by atoms with van der Waals surface area (Å²) in [6, 6.07) is 2.39. The Kier molecular flexibility index (Phi) is 7.17. The van der Waals surface area contributed by atoms with Gasteiger partial charge in [-0.1, -0.05) is 13.8 Å². The molecule has 1 saturated heterocycles. The van der Waals surface area contributed by atoms with Crippen molar-refractivity contribution in [3.63, 3.8) is 0 Å². The monoisotopic (exact) mass is 310 g/mol. The van der Waals surface area contributed by atoms with Crippen LogP contribution in [0.2, 0.25) is 0 Å². The third-order valence-electron chi connectivity index (χ3n) is 4.12. The van der Waals surface area contributed by atoms with Gasteiger partial charge in [0, 0.05) is 36.0 Å². The fourth-order valence-corrected chi connectivity index (χ4v) is 3.87. The normalized spacial score (nSPS) is 18.8. The lowest BCUT2D eigenvalue weighted by Gasteiger charge is -2.23. The first-order valence-electron chi connectivity index (χ1n) is 8.35. The molecule has 1 N–H and O–H groups in total. The number of ether oxygens (including phenoxy) is 1. The van der Waals surface area contributed by atoms with Gasteiger partial charge in [0.2, 0.25) is 0 Å². The summed E-state index contributed by atoms with van der Waals surface area (Å²) in [6.07, 6.45) is 4.11. The van der Waals surface area contributed by atoms with Gasteiger partial charge >= 0.3 is 0 Å². The predicted octanol–water partition coefficient (Wildman–Crippen LogP) is 3.56. The molecule has 0 aliphatic carbocycles. The minimum atomic E-state index is 0.453. The molecule has 1 aromatic rings. The van der Waals surface area contributed by atoms with Crippen molar-refractivity contribution >= 4 is 11.3 Å². The number of hydrogen-bond acceptors (Lipinski definition) is 4. The van der Waals surface area contributed by atoms with Crippen LogP contribution in [0.1, 0.15) is 48.4 Å². The maximum Gasteiger partial charge on any atom is 0.0702 e. The minimum absolute atomic E-state index is 0.453. The molecule has 1 aliphatic rings. The highest BCUT2D eigenvalue weighted by Crippen LogP contribution is 2.23. The van der Waals surface area contributed by atoms with Gasteiger partial charge < -0.3 is 10.1 Å². The van der Waals surface area contributed by atoms with E-state index < -0.39 is 0 Å². The molecule has 0 amide bonds. The van der Waals surface area contributed by atoms with Gasteiger partial charge in [0.25, 0.3) is 0 Å². The lowest BCUT2D eigenvalue weighted by Crippen LogP contribution is -2.31. The van der Waals surface area contributed by atoms with Gasteiger partial charge in [-0.15, -0.1) is 11.3 Å². The summed E-state index contributed by atoms with van der Waals surface area (Å²) in [5.74, 6) is 0. The summed E-state index contributed by atoms with van der Waals surface area (Å²) in [6.45, 7) is 13.0. The third kappa shape index (κ3) is 5.37. The number of aryl methyl sites for hydroxylation is 1. The van der Waals surface area contributed by atoms with E-state index in [-0.39, 0.29) is 0 Å². The zero-order valence-electron chi connectivity index (χ0n) is 13.8. The topological polar surface area (TPSA) is 24.5 Å². The Hall–Kier alpha value is -0.420. The molecule has 1 fully saturated rings. The Morgan fingerprint density at radius 2 is 2.29 bits per heavy atom. The molecule has 1 aliphatic heterocycles. The van der Waals surface area contributed by atoms with Crippen LogP contribution in [0.4, 0.5) is 0 Å². The molecule has 0 radical (unpaired) electrons. The lowest BCUT2D eigenvalue weighted by atomic mass is 10.2. The SMILES string of the molecule is CCCNCc1cc(CN(CC)CC2CCCO2)c(C)s1. The van der Waals surface area contributed by atoms with E-state index in [0.717, 1.165) is 39.3 Å². The van der Waals surface area contributed by atoms with E-state index in [0.29, 0.717) is 6.10 Å². The molecule has 2 heterocycles. The van der Waals surface area contributed by atoms with Gasteiger partial charge in [-0.25, -0.2) is 0 Å². The Morgan fingerprint density at radius 1 is 1.43 bits per heavy atom. The summed E-state index contributed by atoms with van der Waals surface area (Å²) < 4.78 is 5.77. The second kappa shape index (κ2) is 8.89. The first kappa shape index (κ1) is 16.9. The molecule has 0 spiro atoms. The molecule has 0 bridgehead atoms. The number of thiophene rings is 1. The Balaban J connectivity index is 1.87. The third-order valence-corrected chi connectivity index (χ3v) is 5.22. The van der Waals surface area contributed by atoms with Crippen LogP contribution in [0.25, 0.3) is 0 Å². The van der Waals surface area contributed by atoms with Gasteiger partial charge in [0.1, 0.15) is 0 Å². The zero-order valence-corrected chi connectivity index (χ0v) is 14.6. The first-order chi connectivity index (χ1) is 10.2. The summed E-state index contributed by atoms with van der Waals surface area (Å²) in [5.41, 5.74) is 1.49. The maximum absolute atomic E-state index is 5.77. The Labute approximate surface area is 133 Å². The van der Waals surface area contributed by atoms with Gasteiger partial charge in [-0.05, 0) is 50.9 Å². The summed E-state index contributed by atoms with van der Waals surface area (Å²) in [5, 5.41) is 3.49. The van der Waals surface area contributed by atoms with Crippen molar-refractivity contribution in [1.82, 2.24) is 10.2 Å². The van der Waals surface area contributed by atoms with Crippen molar-refractivity contribution in [2.45, 2.75) is 59.2 Å². The number of rotatable bonds is 9. The summed E-state index contributed by atoms with van der Waals surface area (Å²) in [7, 11) is 0. The van der Waals surface area contributed by atoms with Crippen LogP contribution in [0.5, 0.6) is 0 Å². The molecule has 0 aromatic carbocycles. The van der Waals surface area contributed by atoms with E-state index in [1.54, 1.807) is 0 Å². The van der Waals surface area contributed by atoms with E-state index in [1.807, 2.05) is 11.3 Å². The van der Waals surface area contributed by atoms with Crippen molar-refractivity contribution in [3.8, 4) is 0 Å². The van der Waals surface area contributed by atoms with Crippen molar-refractivity contribution in [2.75, 3.05) is 26.2 Å².